The number of hydrogen-bond acceptors (Lipinski definition) is 3. The van der Waals surface area contributed by atoms with Crippen molar-refractivity contribution in [2.24, 2.45) is 0 Å². The maximum Gasteiger partial charge on any atom is 0.283 e. The predicted octanol–water partition coefficient (Wildman–Crippen LogP) is 2.70. The zero-order chi connectivity index (χ0) is 12.6. The molecule has 1 aliphatic rings. The number of amides is 1. The van der Waals surface area contributed by atoms with Crippen LogP contribution in [0.15, 0.2) is 22.7 Å². The first-order chi connectivity index (χ1) is 7.99. The summed E-state index contributed by atoms with van der Waals surface area (Å²) in [4.78, 5) is 23.3. The topological polar surface area (TPSA) is 63.5 Å². The minimum atomic E-state index is -0.482. The van der Waals surface area contributed by atoms with Crippen LogP contribution in [-0.4, -0.2) is 22.8 Å². The highest BCUT2D eigenvalue weighted by Crippen LogP contribution is 2.32. The lowest BCUT2D eigenvalue weighted by atomic mass is 10.2. The predicted molar refractivity (Wildman–Crippen MR) is 67.4 cm³/mol. The fourth-order valence-corrected chi connectivity index (χ4v) is 2.51. The lowest BCUT2D eigenvalue weighted by Crippen LogP contribution is -2.24. The molecular weight excluding hydrogens is 311 g/mol. The SMILES string of the molecule is O=C1CC(Cl)CN1c1ccc([N+](=O)[O-])c(Br)c1. The molecule has 0 saturated carbocycles. The number of nitro benzene ring substituents is 1. The molecule has 1 atom stereocenters. The van der Waals surface area contributed by atoms with Gasteiger partial charge in [-0.2, -0.15) is 0 Å². The molecular formula is C10H8BrClN2O3. The Morgan fingerprint density at radius 1 is 1.53 bits per heavy atom. The van der Waals surface area contributed by atoms with E-state index in [9.17, 15) is 14.9 Å². The van der Waals surface area contributed by atoms with Crippen LogP contribution in [0.4, 0.5) is 11.4 Å². The smallest absolute Gasteiger partial charge is 0.283 e. The van der Waals surface area contributed by atoms with E-state index in [0.29, 0.717) is 23.1 Å². The number of benzene rings is 1. The molecule has 1 amide bonds. The average Bonchev–Trinajstić information content (AvgIpc) is 2.57. The number of hydrogen-bond donors (Lipinski definition) is 0. The van der Waals surface area contributed by atoms with Crippen LogP contribution < -0.4 is 4.90 Å². The van der Waals surface area contributed by atoms with Gasteiger partial charge >= 0.3 is 0 Å². The van der Waals surface area contributed by atoms with Gasteiger partial charge < -0.3 is 4.90 Å². The number of rotatable bonds is 2. The van der Waals surface area contributed by atoms with E-state index in [4.69, 9.17) is 11.6 Å². The van der Waals surface area contributed by atoms with Crippen molar-refractivity contribution < 1.29 is 9.72 Å². The van der Waals surface area contributed by atoms with Crippen LogP contribution in [0.3, 0.4) is 0 Å². The fourth-order valence-electron chi connectivity index (χ4n) is 1.73. The lowest BCUT2D eigenvalue weighted by molar-refractivity contribution is -0.385. The third-order valence-corrected chi connectivity index (χ3v) is 3.44. The second kappa shape index (κ2) is 4.62. The van der Waals surface area contributed by atoms with E-state index in [-0.39, 0.29) is 17.0 Å². The van der Waals surface area contributed by atoms with E-state index >= 15 is 0 Å². The summed E-state index contributed by atoms with van der Waals surface area (Å²) in [6.07, 6.45) is 0.302. The number of nitrogens with zero attached hydrogens (tertiary/aromatic N) is 2. The molecule has 1 unspecified atom stereocenters. The Labute approximate surface area is 111 Å². The molecule has 1 aliphatic heterocycles. The molecule has 1 aromatic carbocycles. The summed E-state index contributed by atoms with van der Waals surface area (Å²) < 4.78 is 0.353. The molecule has 2 rings (SSSR count). The summed E-state index contributed by atoms with van der Waals surface area (Å²) in [6.45, 7) is 0.435. The molecule has 7 heteroatoms. The zero-order valence-electron chi connectivity index (χ0n) is 8.60. The van der Waals surface area contributed by atoms with Crippen LogP contribution in [0, 0.1) is 10.1 Å². The molecule has 1 fully saturated rings. The number of carbonyl (C=O) groups is 1. The summed E-state index contributed by atoms with van der Waals surface area (Å²) in [5.41, 5.74) is 0.596. The first-order valence-electron chi connectivity index (χ1n) is 4.87. The van der Waals surface area contributed by atoms with Gasteiger partial charge in [-0.3, -0.25) is 14.9 Å². The van der Waals surface area contributed by atoms with Crippen molar-refractivity contribution in [3.05, 3.63) is 32.8 Å². The highest BCUT2D eigenvalue weighted by atomic mass is 79.9. The summed E-state index contributed by atoms with van der Waals surface area (Å²) in [6, 6.07) is 4.48. The molecule has 1 heterocycles. The van der Waals surface area contributed by atoms with Crippen molar-refractivity contribution in [2.75, 3.05) is 11.4 Å². The third-order valence-electron chi connectivity index (χ3n) is 2.52. The van der Waals surface area contributed by atoms with Crippen LogP contribution >= 0.6 is 27.5 Å². The maximum absolute atomic E-state index is 11.6. The average molecular weight is 320 g/mol. The van der Waals surface area contributed by atoms with Crippen molar-refractivity contribution in [2.45, 2.75) is 11.8 Å². The van der Waals surface area contributed by atoms with Gasteiger partial charge in [-0.15, -0.1) is 11.6 Å². The van der Waals surface area contributed by atoms with Crippen LogP contribution in [-0.2, 0) is 4.79 Å². The Balaban J connectivity index is 2.32. The quantitative estimate of drug-likeness (QED) is 0.478. The van der Waals surface area contributed by atoms with Gasteiger partial charge in [0.05, 0.1) is 14.8 Å². The number of carbonyl (C=O) groups excluding carboxylic acids is 1. The summed E-state index contributed by atoms with van der Waals surface area (Å²) in [7, 11) is 0. The first kappa shape index (κ1) is 12.3. The molecule has 0 spiro atoms. The molecule has 5 nitrogen and oxygen atoms in total. The van der Waals surface area contributed by atoms with Gasteiger partial charge in [0.15, 0.2) is 0 Å². The number of anilines is 1. The standard InChI is InChI=1S/C10H8BrClN2O3/c11-8-4-7(1-2-9(8)14(16)17)13-5-6(12)3-10(13)15/h1-2,4,6H,3,5H2. The molecule has 0 N–H and O–H groups in total. The van der Waals surface area contributed by atoms with E-state index in [1.807, 2.05) is 0 Å². The number of halogens is 2. The van der Waals surface area contributed by atoms with Crippen LogP contribution in [0.5, 0.6) is 0 Å². The van der Waals surface area contributed by atoms with Gasteiger partial charge in [-0.25, -0.2) is 0 Å². The normalized spacial score (nSPS) is 19.8. The summed E-state index contributed by atoms with van der Waals surface area (Å²) in [5.74, 6) is -0.0641. The van der Waals surface area contributed by atoms with Crippen LogP contribution in [0.1, 0.15) is 6.42 Å². The van der Waals surface area contributed by atoms with Crippen molar-refractivity contribution in [1.29, 1.82) is 0 Å². The van der Waals surface area contributed by atoms with Crippen molar-refractivity contribution in [1.82, 2.24) is 0 Å². The maximum atomic E-state index is 11.6. The first-order valence-corrected chi connectivity index (χ1v) is 6.10. The van der Waals surface area contributed by atoms with Crippen molar-refractivity contribution in [3.8, 4) is 0 Å². The van der Waals surface area contributed by atoms with Gasteiger partial charge in [-0.1, -0.05) is 0 Å². The number of nitro groups is 1. The van der Waals surface area contributed by atoms with E-state index < -0.39 is 4.92 Å². The Morgan fingerprint density at radius 3 is 2.71 bits per heavy atom. The molecule has 0 aromatic heterocycles. The van der Waals surface area contributed by atoms with Gasteiger partial charge in [0.1, 0.15) is 0 Å². The Kier molecular flexibility index (Phi) is 3.35. The minimum absolute atomic E-state index is 0.0252. The summed E-state index contributed by atoms with van der Waals surface area (Å²) >= 11 is 9.01. The second-order valence-electron chi connectivity index (χ2n) is 3.70. The Morgan fingerprint density at radius 2 is 2.24 bits per heavy atom. The van der Waals surface area contributed by atoms with Gasteiger partial charge in [0.25, 0.3) is 5.69 Å². The fraction of sp³-hybridized carbons (Fsp3) is 0.300. The molecule has 0 radical (unpaired) electrons. The van der Waals surface area contributed by atoms with E-state index in [2.05, 4.69) is 15.9 Å². The van der Waals surface area contributed by atoms with Gasteiger partial charge in [0.2, 0.25) is 5.91 Å². The van der Waals surface area contributed by atoms with E-state index in [0.717, 1.165) is 0 Å². The Bertz CT molecular complexity index is 494. The molecule has 0 aliphatic carbocycles. The highest BCUT2D eigenvalue weighted by Gasteiger charge is 2.29. The number of alkyl halides is 1. The second-order valence-corrected chi connectivity index (χ2v) is 5.17. The van der Waals surface area contributed by atoms with Crippen molar-refractivity contribution >= 4 is 44.8 Å². The lowest BCUT2D eigenvalue weighted by Gasteiger charge is -2.15. The molecule has 1 aromatic rings. The van der Waals surface area contributed by atoms with Crippen molar-refractivity contribution in [3.63, 3.8) is 0 Å². The third kappa shape index (κ3) is 2.42. The minimum Gasteiger partial charge on any atom is -0.311 e. The van der Waals surface area contributed by atoms with E-state index in [1.165, 1.54) is 11.0 Å². The highest BCUT2D eigenvalue weighted by molar-refractivity contribution is 9.10. The summed E-state index contributed by atoms with van der Waals surface area (Å²) in [5, 5.41) is 10.4. The van der Waals surface area contributed by atoms with Crippen LogP contribution in [0.2, 0.25) is 0 Å². The molecule has 90 valence electrons. The van der Waals surface area contributed by atoms with E-state index in [1.54, 1.807) is 12.1 Å². The van der Waals surface area contributed by atoms with Gasteiger partial charge in [0, 0.05) is 24.7 Å². The monoisotopic (exact) mass is 318 g/mol. The molecule has 0 bridgehead atoms. The zero-order valence-corrected chi connectivity index (χ0v) is 10.9. The van der Waals surface area contributed by atoms with Crippen LogP contribution in [0.25, 0.3) is 0 Å². The largest absolute Gasteiger partial charge is 0.311 e. The Hall–Kier alpha value is -1.14. The molecule has 1 saturated heterocycles. The van der Waals surface area contributed by atoms with Gasteiger partial charge in [-0.05, 0) is 28.1 Å². The molecule has 17 heavy (non-hydrogen) atoms.